The third-order valence-electron chi connectivity index (χ3n) is 2.76. The molecule has 0 bridgehead atoms. The molecule has 0 saturated carbocycles. The number of hydrogen-bond donors (Lipinski definition) is 1. The highest BCUT2D eigenvalue weighted by Crippen LogP contribution is 2.20. The van der Waals surface area contributed by atoms with Crippen molar-refractivity contribution in [3.05, 3.63) is 48.3 Å². The van der Waals surface area contributed by atoms with Crippen molar-refractivity contribution in [3.8, 4) is 11.5 Å². The molecule has 1 aromatic heterocycles. The molecule has 0 aliphatic heterocycles. The summed E-state index contributed by atoms with van der Waals surface area (Å²) in [6.07, 6.45) is 1.61. The van der Waals surface area contributed by atoms with Gasteiger partial charge in [-0.05, 0) is 12.1 Å². The Balaban J connectivity index is 2.19. The molecule has 0 spiro atoms. The molecule has 7 nitrogen and oxygen atoms in total. The summed E-state index contributed by atoms with van der Waals surface area (Å²) in [7, 11) is 1.56. The molecule has 21 heavy (non-hydrogen) atoms. The van der Waals surface area contributed by atoms with E-state index in [4.69, 9.17) is 14.6 Å². The van der Waals surface area contributed by atoms with E-state index in [9.17, 15) is 4.79 Å². The van der Waals surface area contributed by atoms with Crippen molar-refractivity contribution in [1.29, 1.82) is 0 Å². The van der Waals surface area contributed by atoms with Gasteiger partial charge in [0.2, 0.25) is 0 Å². The lowest BCUT2D eigenvalue weighted by Gasteiger charge is -2.09. The predicted octanol–water partition coefficient (Wildman–Crippen LogP) is 1.75. The first kappa shape index (κ1) is 14.6. The van der Waals surface area contributed by atoms with Gasteiger partial charge in [0.1, 0.15) is 23.8 Å². The molecular formula is C14H15N3O4. The zero-order valence-electron chi connectivity index (χ0n) is 11.5. The lowest BCUT2D eigenvalue weighted by Crippen LogP contribution is -2.10. The van der Waals surface area contributed by atoms with E-state index in [1.165, 1.54) is 4.68 Å². The van der Waals surface area contributed by atoms with Gasteiger partial charge in [-0.15, -0.1) is 11.7 Å². The summed E-state index contributed by atoms with van der Waals surface area (Å²) in [5.74, 6) is 0.0790. The van der Waals surface area contributed by atoms with Crippen LogP contribution in [0.3, 0.4) is 0 Å². The Labute approximate surface area is 121 Å². The first-order valence-electron chi connectivity index (χ1n) is 6.19. The molecule has 0 radical (unpaired) electrons. The second kappa shape index (κ2) is 6.56. The minimum atomic E-state index is -1.14. The smallest absolute Gasteiger partial charge is 0.358 e. The van der Waals surface area contributed by atoms with Crippen LogP contribution < -0.4 is 9.47 Å². The zero-order chi connectivity index (χ0) is 15.2. The molecular weight excluding hydrogens is 274 g/mol. The van der Waals surface area contributed by atoms with Crippen molar-refractivity contribution >= 4 is 5.97 Å². The fourth-order valence-corrected chi connectivity index (χ4v) is 1.75. The second-order valence-corrected chi connectivity index (χ2v) is 4.13. The van der Waals surface area contributed by atoms with Crippen LogP contribution in [0.4, 0.5) is 0 Å². The predicted molar refractivity (Wildman–Crippen MR) is 74.5 cm³/mol. The van der Waals surface area contributed by atoms with Crippen LogP contribution in [0, 0.1) is 0 Å². The fourth-order valence-electron chi connectivity index (χ4n) is 1.75. The first-order chi connectivity index (χ1) is 10.2. The molecule has 0 unspecified atom stereocenters. The van der Waals surface area contributed by atoms with Gasteiger partial charge in [0.25, 0.3) is 0 Å². The normalized spacial score (nSPS) is 10.1. The number of carboxylic acids is 1. The van der Waals surface area contributed by atoms with E-state index < -0.39 is 5.97 Å². The summed E-state index contributed by atoms with van der Waals surface area (Å²) >= 11 is 0. The van der Waals surface area contributed by atoms with Gasteiger partial charge in [-0.25, -0.2) is 9.48 Å². The standard InChI is InChI=1S/C14H15N3O4/c1-3-7-17-12(13(14(18)19)15-16-17)9-21-11-6-4-5-10(8-11)20-2/h3-6,8H,1,7,9H2,2H3,(H,18,19). The first-order valence-corrected chi connectivity index (χ1v) is 6.19. The van der Waals surface area contributed by atoms with Crippen molar-refractivity contribution in [2.45, 2.75) is 13.2 Å². The molecule has 1 N–H and O–H groups in total. The minimum Gasteiger partial charge on any atom is -0.497 e. The number of carbonyl (C=O) groups is 1. The second-order valence-electron chi connectivity index (χ2n) is 4.13. The number of aromatic nitrogens is 3. The molecule has 110 valence electrons. The number of nitrogens with zero attached hydrogens (tertiary/aromatic N) is 3. The largest absolute Gasteiger partial charge is 0.497 e. The van der Waals surface area contributed by atoms with Crippen LogP contribution in [0.1, 0.15) is 16.2 Å². The number of methoxy groups -OCH3 is 1. The van der Waals surface area contributed by atoms with E-state index in [2.05, 4.69) is 16.9 Å². The Bertz CT molecular complexity index is 651. The van der Waals surface area contributed by atoms with E-state index in [1.54, 1.807) is 37.5 Å². The Hall–Kier alpha value is -2.83. The van der Waals surface area contributed by atoms with Crippen molar-refractivity contribution in [3.63, 3.8) is 0 Å². The molecule has 1 aromatic carbocycles. The van der Waals surface area contributed by atoms with Gasteiger partial charge in [0.05, 0.1) is 13.7 Å². The van der Waals surface area contributed by atoms with Gasteiger partial charge in [0, 0.05) is 6.07 Å². The Morgan fingerprint density at radius 1 is 1.48 bits per heavy atom. The van der Waals surface area contributed by atoms with Gasteiger partial charge in [-0.2, -0.15) is 0 Å². The average molecular weight is 289 g/mol. The van der Waals surface area contributed by atoms with E-state index in [0.717, 1.165) is 0 Å². The van der Waals surface area contributed by atoms with Crippen LogP contribution >= 0.6 is 0 Å². The number of allylic oxidation sites excluding steroid dienone is 1. The number of ether oxygens (including phenoxy) is 2. The minimum absolute atomic E-state index is 0.0373. The average Bonchev–Trinajstić information content (AvgIpc) is 2.89. The van der Waals surface area contributed by atoms with Crippen LogP contribution in [-0.4, -0.2) is 33.2 Å². The quantitative estimate of drug-likeness (QED) is 0.781. The molecule has 2 aromatic rings. The van der Waals surface area contributed by atoms with E-state index in [-0.39, 0.29) is 12.3 Å². The van der Waals surface area contributed by atoms with Gasteiger partial charge >= 0.3 is 5.97 Å². The number of benzene rings is 1. The third-order valence-corrected chi connectivity index (χ3v) is 2.76. The number of carboxylic acid groups (broad SMARTS) is 1. The molecule has 0 fully saturated rings. The number of rotatable bonds is 7. The van der Waals surface area contributed by atoms with Crippen LogP contribution in [0.15, 0.2) is 36.9 Å². The van der Waals surface area contributed by atoms with Crippen molar-refractivity contribution in [1.82, 2.24) is 15.0 Å². The van der Waals surface area contributed by atoms with E-state index >= 15 is 0 Å². The molecule has 0 atom stereocenters. The molecule has 0 amide bonds. The van der Waals surface area contributed by atoms with Gasteiger partial charge in [-0.1, -0.05) is 17.4 Å². The van der Waals surface area contributed by atoms with Crippen LogP contribution in [0.2, 0.25) is 0 Å². The third kappa shape index (κ3) is 3.38. The van der Waals surface area contributed by atoms with Crippen molar-refractivity contribution < 1.29 is 19.4 Å². The van der Waals surface area contributed by atoms with E-state index in [0.29, 0.717) is 23.7 Å². The molecule has 0 aliphatic carbocycles. The monoisotopic (exact) mass is 289 g/mol. The Kier molecular flexibility index (Phi) is 4.55. The summed E-state index contributed by atoms with van der Waals surface area (Å²) in [6, 6.07) is 7.04. The van der Waals surface area contributed by atoms with Crippen LogP contribution in [0.25, 0.3) is 0 Å². The molecule has 0 saturated heterocycles. The summed E-state index contributed by atoms with van der Waals surface area (Å²) in [5, 5.41) is 16.5. The fraction of sp³-hybridized carbons (Fsp3) is 0.214. The summed E-state index contributed by atoms with van der Waals surface area (Å²) in [5.41, 5.74) is 0.255. The number of hydrogen-bond acceptors (Lipinski definition) is 5. The maximum absolute atomic E-state index is 11.1. The highest BCUT2D eigenvalue weighted by atomic mass is 16.5. The Morgan fingerprint density at radius 3 is 2.90 bits per heavy atom. The summed E-state index contributed by atoms with van der Waals surface area (Å²) in [6.45, 7) is 3.99. The number of aromatic carboxylic acids is 1. The Morgan fingerprint density at radius 2 is 2.24 bits per heavy atom. The maximum atomic E-state index is 11.1. The van der Waals surface area contributed by atoms with Crippen LogP contribution in [0.5, 0.6) is 11.5 Å². The maximum Gasteiger partial charge on any atom is 0.358 e. The van der Waals surface area contributed by atoms with Crippen molar-refractivity contribution in [2.75, 3.05) is 7.11 Å². The molecule has 2 rings (SSSR count). The molecule has 0 aliphatic rings. The topological polar surface area (TPSA) is 86.5 Å². The van der Waals surface area contributed by atoms with Gasteiger partial charge in [0.15, 0.2) is 5.69 Å². The van der Waals surface area contributed by atoms with Gasteiger partial charge < -0.3 is 14.6 Å². The molecule has 1 heterocycles. The summed E-state index contributed by atoms with van der Waals surface area (Å²) in [4.78, 5) is 11.1. The SMILES string of the molecule is C=CCn1nnc(C(=O)O)c1COc1cccc(OC)c1. The lowest BCUT2D eigenvalue weighted by atomic mass is 10.3. The van der Waals surface area contributed by atoms with Crippen LogP contribution in [-0.2, 0) is 13.2 Å². The highest BCUT2D eigenvalue weighted by molar-refractivity contribution is 5.86. The van der Waals surface area contributed by atoms with Crippen molar-refractivity contribution in [2.24, 2.45) is 0 Å². The lowest BCUT2D eigenvalue weighted by molar-refractivity contribution is 0.0687. The zero-order valence-corrected chi connectivity index (χ0v) is 11.5. The molecule has 7 heteroatoms. The summed E-state index contributed by atoms with van der Waals surface area (Å²) < 4.78 is 12.1. The van der Waals surface area contributed by atoms with E-state index in [1.807, 2.05) is 0 Å². The van der Waals surface area contributed by atoms with Gasteiger partial charge in [-0.3, -0.25) is 0 Å². The highest BCUT2D eigenvalue weighted by Gasteiger charge is 2.19.